The summed E-state index contributed by atoms with van der Waals surface area (Å²) in [6, 6.07) is 1.68. The van der Waals surface area contributed by atoms with Crippen LogP contribution in [0.4, 0.5) is 0 Å². The zero-order chi connectivity index (χ0) is 5.98. The van der Waals surface area contributed by atoms with E-state index in [1.807, 2.05) is 0 Å². The van der Waals surface area contributed by atoms with Crippen molar-refractivity contribution in [2.24, 2.45) is 0 Å². The number of nitrogens with zero attached hydrogens (tertiary/aromatic N) is 3. The van der Waals surface area contributed by atoms with E-state index in [1.54, 1.807) is 6.07 Å². The van der Waals surface area contributed by atoms with Crippen molar-refractivity contribution in [3.05, 3.63) is 10.6 Å². The van der Waals surface area contributed by atoms with E-state index < -0.39 is 0 Å². The van der Waals surface area contributed by atoms with Gasteiger partial charge in [0.15, 0.2) is 6.07 Å². The van der Waals surface area contributed by atoms with Crippen LogP contribution in [0.25, 0.3) is 0 Å². The number of halogens is 1. The molecule has 0 spiro atoms. The molecule has 0 saturated heterocycles. The highest BCUT2D eigenvalue weighted by atomic mass is 79.9. The van der Waals surface area contributed by atoms with Gasteiger partial charge in [0.05, 0.1) is 0 Å². The highest BCUT2D eigenvalue weighted by molar-refractivity contribution is 9.10. The molecule has 5 heteroatoms. The normalized spacial score (nSPS) is 8.50. The van der Waals surface area contributed by atoms with Crippen LogP contribution in [0.3, 0.4) is 0 Å². The Morgan fingerprint density at radius 2 is 2.50 bits per heavy atom. The van der Waals surface area contributed by atoms with Gasteiger partial charge in [0, 0.05) is 0 Å². The van der Waals surface area contributed by atoms with Gasteiger partial charge in [-0.25, -0.2) is 0 Å². The van der Waals surface area contributed by atoms with Gasteiger partial charge in [0.1, 0.15) is 0 Å². The monoisotopic (exact) mass is 173 g/mol. The second-order valence-electron chi connectivity index (χ2n) is 0.980. The van der Waals surface area contributed by atoms with Crippen LogP contribution in [0, 0.1) is 11.3 Å². The minimum absolute atomic E-state index is 0.0307. The molecule has 0 aliphatic heterocycles. The molecule has 0 aromatic carbocycles. The molecule has 8 heavy (non-hydrogen) atoms. The van der Waals surface area contributed by atoms with Crippen molar-refractivity contribution in [1.29, 1.82) is 5.26 Å². The Bertz CT molecular complexity index is 225. The van der Waals surface area contributed by atoms with Crippen LogP contribution in [0.1, 0.15) is 5.89 Å². The maximum absolute atomic E-state index is 8.08. The molecule has 0 atom stereocenters. The van der Waals surface area contributed by atoms with Crippen molar-refractivity contribution in [2.45, 2.75) is 0 Å². The first-order chi connectivity index (χ1) is 3.83. The van der Waals surface area contributed by atoms with Gasteiger partial charge in [-0.3, -0.25) is 0 Å². The van der Waals surface area contributed by atoms with Crippen LogP contribution in [-0.2, 0) is 0 Å². The molecule has 0 aliphatic rings. The summed E-state index contributed by atoms with van der Waals surface area (Å²) in [6.07, 6.45) is 0. The molecule has 1 aromatic heterocycles. The maximum atomic E-state index is 8.08. The number of hydrogen-bond acceptors (Lipinski definition) is 4. The van der Waals surface area contributed by atoms with Crippen LogP contribution in [0.15, 0.2) is 9.26 Å². The Hall–Kier alpha value is -0.890. The minimum atomic E-state index is -0.0307. The number of hydrogen-bond donors (Lipinski definition) is 0. The lowest BCUT2D eigenvalue weighted by Gasteiger charge is -1.60. The van der Waals surface area contributed by atoms with E-state index in [1.165, 1.54) is 0 Å². The van der Waals surface area contributed by atoms with Gasteiger partial charge in [0.25, 0.3) is 0 Å². The van der Waals surface area contributed by atoms with E-state index in [2.05, 4.69) is 30.6 Å². The molecule has 0 N–H and O–H groups in total. The SMILES string of the molecule is N#Cc1nc(Br)no1. The molecule has 0 fully saturated rings. The highest BCUT2D eigenvalue weighted by Crippen LogP contribution is 2.01. The summed E-state index contributed by atoms with van der Waals surface area (Å²) in [4.78, 5) is 3.51. The van der Waals surface area contributed by atoms with Crippen molar-refractivity contribution in [1.82, 2.24) is 10.1 Å². The van der Waals surface area contributed by atoms with Gasteiger partial charge in [-0.1, -0.05) is 0 Å². The number of nitriles is 1. The Kier molecular flexibility index (Phi) is 1.26. The van der Waals surface area contributed by atoms with Crippen molar-refractivity contribution >= 4 is 15.9 Å². The summed E-state index contributed by atoms with van der Waals surface area (Å²) in [5, 5.41) is 11.4. The predicted octanol–water partition coefficient (Wildman–Crippen LogP) is 0.704. The van der Waals surface area contributed by atoms with E-state index >= 15 is 0 Å². The topological polar surface area (TPSA) is 62.7 Å². The van der Waals surface area contributed by atoms with Gasteiger partial charge >= 0.3 is 5.89 Å². The first kappa shape index (κ1) is 5.25. The second-order valence-corrected chi connectivity index (χ2v) is 1.69. The molecule has 0 aliphatic carbocycles. The molecule has 0 radical (unpaired) electrons. The fourth-order valence-electron chi connectivity index (χ4n) is 0.251. The zero-order valence-corrected chi connectivity index (χ0v) is 5.21. The smallest absolute Gasteiger partial charge is 0.322 e. The number of rotatable bonds is 0. The summed E-state index contributed by atoms with van der Waals surface area (Å²) >= 11 is 2.91. The molecule has 1 rings (SSSR count). The predicted molar refractivity (Wildman–Crippen MR) is 26.7 cm³/mol. The van der Waals surface area contributed by atoms with Crippen LogP contribution in [-0.4, -0.2) is 10.1 Å². The lowest BCUT2D eigenvalue weighted by atomic mass is 10.8. The third-order valence-electron chi connectivity index (χ3n) is 0.497. The highest BCUT2D eigenvalue weighted by Gasteiger charge is 1.97. The summed E-state index contributed by atoms with van der Waals surface area (Å²) in [5.74, 6) is -0.0307. The summed E-state index contributed by atoms with van der Waals surface area (Å²) in [6.45, 7) is 0. The van der Waals surface area contributed by atoms with Crippen molar-refractivity contribution < 1.29 is 4.52 Å². The largest absolute Gasteiger partial charge is 0.329 e. The molecular formula is C3BrN3O. The quantitative estimate of drug-likeness (QED) is 0.580. The fraction of sp³-hybridized carbons (Fsp3) is 0. The Morgan fingerprint density at radius 3 is 2.75 bits per heavy atom. The molecule has 0 bridgehead atoms. The molecule has 40 valence electrons. The van der Waals surface area contributed by atoms with Crippen molar-refractivity contribution in [3.63, 3.8) is 0 Å². The van der Waals surface area contributed by atoms with E-state index in [-0.39, 0.29) is 5.89 Å². The molecule has 0 saturated carbocycles. The first-order valence-electron chi connectivity index (χ1n) is 1.72. The fourth-order valence-corrected chi connectivity index (χ4v) is 0.484. The standard InChI is InChI=1S/C3BrN3O/c4-3-6-2(1-5)8-7-3. The Labute approximate surface area is 53.2 Å². The lowest BCUT2D eigenvalue weighted by molar-refractivity contribution is 0.403. The van der Waals surface area contributed by atoms with Crippen molar-refractivity contribution in [3.8, 4) is 6.07 Å². The van der Waals surface area contributed by atoms with Crippen LogP contribution < -0.4 is 0 Å². The Morgan fingerprint density at radius 1 is 1.75 bits per heavy atom. The summed E-state index contributed by atoms with van der Waals surface area (Å²) in [5.41, 5.74) is 0. The third kappa shape index (κ3) is 0.845. The van der Waals surface area contributed by atoms with E-state index in [0.717, 1.165) is 0 Å². The third-order valence-corrected chi connectivity index (χ3v) is 0.819. The van der Waals surface area contributed by atoms with E-state index in [0.29, 0.717) is 4.73 Å². The van der Waals surface area contributed by atoms with E-state index in [4.69, 9.17) is 5.26 Å². The second kappa shape index (κ2) is 1.92. The molecule has 0 amide bonds. The van der Waals surface area contributed by atoms with Crippen molar-refractivity contribution in [2.75, 3.05) is 0 Å². The average Bonchev–Trinajstić information content (AvgIpc) is 2.14. The zero-order valence-electron chi connectivity index (χ0n) is 3.63. The lowest BCUT2D eigenvalue weighted by Crippen LogP contribution is -1.67. The van der Waals surface area contributed by atoms with Gasteiger partial charge in [0.2, 0.25) is 4.73 Å². The van der Waals surface area contributed by atoms with Crippen LogP contribution in [0.5, 0.6) is 0 Å². The van der Waals surface area contributed by atoms with Crippen LogP contribution in [0.2, 0.25) is 0 Å². The molecule has 1 aromatic rings. The molecular weight excluding hydrogens is 174 g/mol. The molecule has 0 unspecified atom stereocenters. The van der Waals surface area contributed by atoms with Gasteiger partial charge < -0.3 is 4.52 Å². The molecule has 4 nitrogen and oxygen atoms in total. The number of aromatic nitrogens is 2. The van der Waals surface area contributed by atoms with Gasteiger partial charge in [-0.05, 0) is 21.1 Å². The first-order valence-corrected chi connectivity index (χ1v) is 2.51. The van der Waals surface area contributed by atoms with E-state index in [9.17, 15) is 0 Å². The van der Waals surface area contributed by atoms with Gasteiger partial charge in [-0.15, -0.1) is 0 Å². The molecule has 1 heterocycles. The van der Waals surface area contributed by atoms with Crippen LogP contribution >= 0.6 is 15.9 Å². The average molecular weight is 174 g/mol. The summed E-state index contributed by atoms with van der Waals surface area (Å²) in [7, 11) is 0. The maximum Gasteiger partial charge on any atom is 0.329 e. The minimum Gasteiger partial charge on any atom is -0.322 e. The summed E-state index contributed by atoms with van der Waals surface area (Å²) < 4.78 is 4.64. The van der Waals surface area contributed by atoms with Gasteiger partial charge in [-0.2, -0.15) is 10.2 Å². The Balaban J connectivity index is 3.05.